The summed E-state index contributed by atoms with van der Waals surface area (Å²) in [6.07, 6.45) is 0. The first-order valence-corrected chi connectivity index (χ1v) is 7.12. The number of aryl methyl sites for hydroxylation is 1. The van der Waals surface area contributed by atoms with E-state index < -0.39 is 11.2 Å². The van der Waals surface area contributed by atoms with Crippen molar-refractivity contribution >= 4 is 21.7 Å². The first-order valence-electron chi connectivity index (χ1n) is 6.33. The summed E-state index contributed by atoms with van der Waals surface area (Å²) in [4.78, 5) is 11.4. The lowest BCUT2D eigenvalue weighted by Crippen LogP contribution is -2.29. The summed E-state index contributed by atoms with van der Waals surface area (Å²) in [6.45, 7) is 12.7. The molecule has 0 saturated carbocycles. The van der Waals surface area contributed by atoms with Crippen LogP contribution in [0.3, 0.4) is 0 Å². The maximum absolute atomic E-state index is 12.5. The Kier molecular flexibility index (Phi) is 4.93. The molecule has 0 amide bonds. The molecule has 0 aromatic heterocycles. The third kappa shape index (κ3) is 3.76. The van der Waals surface area contributed by atoms with Crippen LogP contribution in [0.2, 0.25) is 0 Å². The maximum Gasteiger partial charge on any atom is 0.192 e. The fourth-order valence-corrected chi connectivity index (χ4v) is 2.47. The van der Waals surface area contributed by atoms with Gasteiger partial charge in [0.1, 0.15) is 11.4 Å². The molecule has 2 rings (SSSR count). The van der Waals surface area contributed by atoms with Gasteiger partial charge in [-0.2, -0.15) is 0 Å². The minimum Gasteiger partial charge on any atom is -0.357 e. The van der Waals surface area contributed by atoms with Crippen molar-refractivity contribution in [2.75, 3.05) is 0 Å². The highest BCUT2D eigenvalue weighted by Crippen LogP contribution is 2.37. The molecule has 1 aromatic carbocycles. The molecule has 0 radical (unpaired) electrons. The molecular weight excluding hydrogens is 323 g/mol. The third-order valence-corrected chi connectivity index (χ3v) is 3.67. The number of Topliss-reactive ketones (excluding diaryl/α,β-unsaturated/α-hetero) is 1. The molecule has 4 heteroatoms. The van der Waals surface area contributed by atoms with Gasteiger partial charge in [0, 0.05) is 10.0 Å². The number of rotatable bonds is 0. The summed E-state index contributed by atoms with van der Waals surface area (Å²) in [5.41, 5.74) is 0.0770. The summed E-state index contributed by atoms with van der Waals surface area (Å²) < 4.78 is 18.9. The van der Waals surface area contributed by atoms with Gasteiger partial charge >= 0.3 is 0 Å². The fraction of sp³-hybridized carbons (Fsp3) is 0.438. The first kappa shape index (κ1) is 17.1. The van der Waals surface area contributed by atoms with Crippen molar-refractivity contribution in [1.29, 1.82) is 0 Å². The number of carbonyl (C=O) groups excluding carboxylic acids is 1. The molecule has 2 nitrogen and oxygen atoms in total. The number of hydrogen-bond acceptors (Lipinski definition) is 2. The molecule has 110 valence electrons. The summed E-state index contributed by atoms with van der Waals surface area (Å²) in [7, 11) is 0. The first-order chi connectivity index (χ1) is 8.97. The van der Waals surface area contributed by atoms with Crippen LogP contribution in [0.15, 0.2) is 34.8 Å². The topological polar surface area (TPSA) is 26.3 Å². The molecular formula is C16H20BrFO2. The second kappa shape index (κ2) is 5.78. The molecule has 20 heavy (non-hydrogen) atoms. The van der Waals surface area contributed by atoms with Gasteiger partial charge in [0.2, 0.25) is 0 Å². The lowest BCUT2D eigenvalue weighted by molar-refractivity contribution is -0.132. The Labute approximate surface area is 128 Å². The van der Waals surface area contributed by atoms with Crippen LogP contribution < -0.4 is 0 Å². The highest BCUT2D eigenvalue weighted by atomic mass is 79.9. The molecule has 1 saturated heterocycles. The van der Waals surface area contributed by atoms with Crippen LogP contribution in [-0.2, 0) is 9.53 Å². The minimum atomic E-state index is -0.680. The van der Waals surface area contributed by atoms with E-state index in [1.807, 2.05) is 13.8 Å². The minimum absolute atomic E-state index is 0.0162. The van der Waals surface area contributed by atoms with Gasteiger partial charge in [0.25, 0.3) is 0 Å². The Morgan fingerprint density at radius 2 is 1.75 bits per heavy atom. The molecule has 1 aliphatic heterocycles. The lowest BCUT2D eigenvalue weighted by Gasteiger charge is -2.21. The smallest absolute Gasteiger partial charge is 0.192 e. The van der Waals surface area contributed by atoms with E-state index in [-0.39, 0.29) is 11.6 Å². The van der Waals surface area contributed by atoms with E-state index in [2.05, 4.69) is 22.5 Å². The van der Waals surface area contributed by atoms with Gasteiger partial charge in [-0.25, -0.2) is 4.39 Å². The van der Waals surface area contributed by atoms with Crippen LogP contribution in [0.25, 0.3) is 0 Å². The van der Waals surface area contributed by atoms with E-state index in [1.54, 1.807) is 32.9 Å². The molecule has 0 spiro atoms. The predicted octanol–water partition coefficient (Wildman–Crippen LogP) is 4.60. The average molecular weight is 343 g/mol. The molecule has 0 atom stereocenters. The van der Waals surface area contributed by atoms with E-state index in [9.17, 15) is 9.18 Å². The molecule has 1 heterocycles. The Hall–Kier alpha value is -1.00. The Bertz CT molecular complexity index is 523. The summed E-state index contributed by atoms with van der Waals surface area (Å²) in [6, 6.07) is 4.87. The van der Waals surface area contributed by atoms with E-state index in [0.29, 0.717) is 11.1 Å². The van der Waals surface area contributed by atoms with Crippen molar-refractivity contribution < 1.29 is 13.9 Å². The number of ketones is 1. The van der Waals surface area contributed by atoms with Crippen molar-refractivity contribution in [3.05, 3.63) is 46.2 Å². The number of halogens is 2. The van der Waals surface area contributed by atoms with Crippen molar-refractivity contribution in [3.63, 3.8) is 0 Å². The van der Waals surface area contributed by atoms with E-state index >= 15 is 0 Å². The number of hydrogen-bond donors (Lipinski definition) is 0. The lowest BCUT2D eigenvalue weighted by atomic mass is 9.94. The van der Waals surface area contributed by atoms with Gasteiger partial charge in [-0.05, 0) is 58.4 Å². The van der Waals surface area contributed by atoms with Crippen molar-refractivity contribution in [3.8, 4) is 0 Å². The maximum atomic E-state index is 12.5. The molecule has 0 bridgehead atoms. The highest BCUT2D eigenvalue weighted by molar-refractivity contribution is 9.10. The molecule has 1 fully saturated rings. The van der Waals surface area contributed by atoms with Crippen LogP contribution in [0.1, 0.15) is 33.3 Å². The Balaban J connectivity index is 0.000000204. The van der Waals surface area contributed by atoms with Gasteiger partial charge < -0.3 is 4.74 Å². The second-order valence-corrected chi connectivity index (χ2v) is 6.74. The van der Waals surface area contributed by atoms with Crippen LogP contribution in [0.4, 0.5) is 4.39 Å². The van der Waals surface area contributed by atoms with Gasteiger partial charge in [-0.3, -0.25) is 4.79 Å². The molecule has 0 N–H and O–H groups in total. The SMILES string of the molecule is C=C1C(=O)C(C)(C)OC1(C)C.Cc1cc(Br)ccc1F. The van der Waals surface area contributed by atoms with Gasteiger partial charge in [0.05, 0.1) is 5.60 Å². The summed E-state index contributed by atoms with van der Waals surface area (Å²) in [5.74, 6) is -0.138. The van der Waals surface area contributed by atoms with Gasteiger partial charge in [0.15, 0.2) is 5.78 Å². The van der Waals surface area contributed by atoms with E-state index in [0.717, 1.165) is 4.47 Å². The van der Waals surface area contributed by atoms with E-state index in [4.69, 9.17) is 4.74 Å². The van der Waals surface area contributed by atoms with Gasteiger partial charge in [-0.15, -0.1) is 0 Å². The molecule has 1 aliphatic rings. The Morgan fingerprint density at radius 3 is 2.00 bits per heavy atom. The third-order valence-electron chi connectivity index (χ3n) is 3.18. The number of ether oxygens (including phenoxy) is 1. The van der Waals surface area contributed by atoms with Crippen LogP contribution in [-0.4, -0.2) is 17.0 Å². The zero-order valence-corrected chi connectivity index (χ0v) is 14.1. The standard InChI is InChI=1S/C9H14O2.C7H6BrF/c1-6-7(10)9(4,5)11-8(6,2)3;1-5-4-6(8)2-3-7(5)9/h1H2,2-5H3;2-4H,1H3. The summed E-state index contributed by atoms with van der Waals surface area (Å²) >= 11 is 3.23. The van der Waals surface area contributed by atoms with E-state index in [1.165, 1.54) is 6.07 Å². The van der Waals surface area contributed by atoms with Gasteiger partial charge in [-0.1, -0.05) is 22.5 Å². The predicted molar refractivity (Wildman–Crippen MR) is 82.2 cm³/mol. The zero-order valence-electron chi connectivity index (χ0n) is 12.5. The molecule has 0 unspecified atom stereocenters. The van der Waals surface area contributed by atoms with Crippen LogP contribution in [0.5, 0.6) is 0 Å². The quantitative estimate of drug-likeness (QED) is 0.644. The van der Waals surface area contributed by atoms with Crippen molar-refractivity contribution in [2.45, 2.75) is 45.8 Å². The van der Waals surface area contributed by atoms with Crippen LogP contribution in [0, 0.1) is 12.7 Å². The summed E-state index contributed by atoms with van der Waals surface area (Å²) in [5, 5.41) is 0. The second-order valence-electron chi connectivity index (χ2n) is 5.82. The zero-order chi connectivity index (χ0) is 15.7. The largest absolute Gasteiger partial charge is 0.357 e. The average Bonchev–Trinajstić information content (AvgIpc) is 2.44. The monoisotopic (exact) mass is 342 g/mol. The molecule has 1 aromatic rings. The Morgan fingerprint density at radius 1 is 1.20 bits per heavy atom. The van der Waals surface area contributed by atoms with Crippen LogP contribution >= 0.6 is 15.9 Å². The number of benzene rings is 1. The number of carbonyl (C=O) groups is 1. The fourth-order valence-electron chi connectivity index (χ4n) is 1.99. The highest BCUT2D eigenvalue weighted by Gasteiger charge is 2.48. The van der Waals surface area contributed by atoms with Crippen molar-refractivity contribution in [1.82, 2.24) is 0 Å². The van der Waals surface area contributed by atoms with Crippen molar-refractivity contribution in [2.24, 2.45) is 0 Å². The molecule has 0 aliphatic carbocycles. The normalized spacial score (nSPS) is 19.6.